The highest BCUT2D eigenvalue weighted by Gasteiger charge is 2.36. The number of hydrogen-bond donors (Lipinski definition) is 13. The highest BCUT2D eigenvalue weighted by Crippen LogP contribution is 2.48. The summed E-state index contributed by atoms with van der Waals surface area (Å²) in [6, 6.07) is 6.31. The molecule has 0 radical (unpaired) electrons. The quantitative estimate of drug-likeness (QED) is 0.0120. The van der Waals surface area contributed by atoms with Gasteiger partial charge < -0.3 is 49.3 Å². The fraction of sp³-hybridized carbons (Fsp3) is 0.262. The van der Waals surface area contributed by atoms with Gasteiger partial charge in [-0.1, -0.05) is 160 Å². The van der Waals surface area contributed by atoms with Gasteiger partial charge in [-0.2, -0.15) is 48.1 Å². The summed E-state index contributed by atoms with van der Waals surface area (Å²) in [7, 11) is 0. The second-order valence-corrected chi connectivity index (χ2v) is 30.1. The predicted molar refractivity (Wildman–Crippen MR) is 438 cm³/mol. The van der Waals surface area contributed by atoms with E-state index in [4.69, 9.17) is 51.1 Å². The summed E-state index contributed by atoms with van der Waals surface area (Å²) in [6.07, 6.45) is 15.8. The fourth-order valence-corrected chi connectivity index (χ4v) is 16.6. The number of anilines is 10. The van der Waals surface area contributed by atoms with Crippen molar-refractivity contribution < 1.29 is 23.2 Å². The van der Waals surface area contributed by atoms with Crippen LogP contribution in [0, 0.1) is 34.8 Å². The number of aryl methyl sites for hydroxylation is 1. The van der Waals surface area contributed by atoms with Gasteiger partial charge >= 0.3 is 14.6 Å². The number of nitrogens with zero attached hydrogens (tertiary/aromatic N) is 14. The van der Waals surface area contributed by atoms with Crippen LogP contribution in [0.25, 0.3) is 36.7 Å². The smallest absolute Gasteiger partial charge is 0.314 e. The lowest BCUT2D eigenvalue weighted by atomic mass is 10.2. The molecule has 3 aliphatic heterocycles. The molecule has 0 bridgehead atoms. The molecule has 0 spiro atoms. The fourth-order valence-electron chi connectivity index (χ4n) is 11.2. The predicted octanol–water partition coefficient (Wildman–Crippen LogP) is 7.24. The van der Waals surface area contributed by atoms with Gasteiger partial charge in [-0.05, 0) is 38.3 Å². The van der Waals surface area contributed by atoms with Crippen LogP contribution in [0.5, 0.6) is 0 Å². The molecule has 13 heterocycles. The monoisotopic (exact) mass is 1690 g/mol. The molecule has 596 valence electrons. The van der Waals surface area contributed by atoms with Crippen LogP contribution < -0.4 is 97.1 Å². The topological polar surface area (TPSA) is 583 Å². The van der Waals surface area contributed by atoms with Gasteiger partial charge in [0, 0.05) is 54.9 Å². The molecule has 38 nitrogen and oxygen atoms in total. The number of benzene rings is 1. The number of aromatic amines is 6. The maximum Gasteiger partial charge on any atom is 0.314 e. The van der Waals surface area contributed by atoms with Crippen molar-refractivity contribution in [3.8, 4) is 5.69 Å². The van der Waals surface area contributed by atoms with Crippen LogP contribution in [0.4, 0.5) is 77.7 Å². The third-order valence-electron chi connectivity index (χ3n) is 16.2. The van der Waals surface area contributed by atoms with Crippen LogP contribution in [0.15, 0.2) is 141 Å². The molecule has 1 fully saturated rings. The van der Waals surface area contributed by atoms with E-state index in [1.54, 1.807) is 50.8 Å². The number of pyridine rings is 1. The first-order valence-corrected chi connectivity index (χ1v) is 38.4. The van der Waals surface area contributed by atoms with Crippen LogP contribution in [0.1, 0.15) is 71.3 Å². The van der Waals surface area contributed by atoms with Gasteiger partial charge in [0.15, 0.2) is 34.4 Å². The molecule has 0 unspecified atom stereocenters. The number of nitrogen functional groups attached to an aromatic ring is 6. The van der Waals surface area contributed by atoms with E-state index in [0.717, 1.165) is 73.2 Å². The normalized spacial score (nSPS) is 13.4. The lowest BCUT2D eigenvalue weighted by molar-refractivity contribution is -0.384. The first kappa shape index (κ1) is 85.1. The minimum atomic E-state index is -1.71. The highest BCUT2D eigenvalue weighted by molar-refractivity contribution is 8.04. The van der Waals surface area contributed by atoms with Crippen LogP contribution in [0.3, 0.4) is 0 Å². The minimum absolute atomic E-state index is 0. The molecule has 10 aromatic heterocycles. The zero-order chi connectivity index (χ0) is 81.3. The van der Waals surface area contributed by atoms with Gasteiger partial charge in [0.1, 0.15) is 28.8 Å². The number of unbranched alkanes of at least 4 members (excludes halogenated alkanes) is 3. The van der Waals surface area contributed by atoms with Crippen molar-refractivity contribution >= 4 is 176 Å². The van der Waals surface area contributed by atoms with E-state index in [0.29, 0.717) is 111 Å². The lowest BCUT2D eigenvalue weighted by Gasteiger charge is -2.25. The number of nitro benzene ring substituents is 1. The molecule has 0 saturated heterocycles. The van der Waals surface area contributed by atoms with E-state index in [-0.39, 0.29) is 102 Å². The van der Waals surface area contributed by atoms with Crippen molar-refractivity contribution in [1.29, 1.82) is 0 Å². The summed E-state index contributed by atoms with van der Waals surface area (Å²) < 4.78 is 44.9. The first-order chi connectivity index (χ1) is 53.3. The molecule has 11 aromatic rings. The summed E-state index contributed by atoms with van der Waals surface area (Å²) in [4.78, 5) is 163. The number of aliphatic hydroxyl groups is 1. The van der Waals surface area contributed by atoms with Crippen molar-refractivity contribution in [2.75, 3.05) is 68.1 Å². The maximum absolute atomic E-state index is 14.0. The molecular formula is C65H70ClF3N26O12S6. The van der Waals surface area contributed by atoms with Crippen LogP contribution in [-0.2, 0) is 13.1 Å². The Bertz CT molecular complexity index is 6130. The van der Waals surface area contributed by atoms with Gasteiger partial charge in [-0.25, -0.2) is 4.57 Å². The number of halogens is 4. The molecule has 1 aliphatic carbocycles. The molecule has 19 N–H and O–H groups in total. The zero-order valence-electron chi connectivity index (χ0n) is 58.6. The SMILES string of the molecule is C.C=C1Sc2c(nc(N)[nH]c2=O)N1C/C=C/CO.C=C1Sc2c(nc(N)[nH]c2=O)N1C1CCCC1.C=C1Sc2c(nc(N)[nH]c2=O)N1c1ccc([N+](=O)[O-])cc1.CCCCCCn1c(=O)sc2c(=O)[nH]c(N)nc21.Cc1c(F)nc(F)c(F)c1-n1c(=O)sc2c(=O)[nH]c(N)nc21.Nc1nc2c(sc(=O)n2C/C=C/CCl)c(=O)[nH]1. The van der Waals surface area contributed by atoms with Crippen molar-refractivity contribution in [3.63, 3.8) is 0 Å². The molecule has 4 aliphatic rings. The van der Waals surface area contributed by atoms with Gasteiger partial charge in [-0.15, -0.1) is 11.6 Å². The van der Waals surface area contributed by atoms with Crippen molar-refractivity contribution in [2.45, 2.75) is 106 Å². The zero-order valence-corrected chi connectivity index (χ0v) is 64.3. The number of thioether (sulfide) groups is 3. The molecular weight excluding hydrogens is 1620 g/mol. The van der Waals surface area contributed by atoms with Crippen molar-refractivity contribution in [3.05, 3.63) is 208 Å². The Hall–Kier alpha value is -11.9. The molecule has 15 rings (SSSR count). The van der Waals surface area contributed by atoms with E-state index in [1.165, 1.54) is 64.8 Å². The Balaban J connectivity index is 0.000000156. The van der Waals surface area contributed by atoms with E-state index in [2.05, 4.69) is 96.4 Å². The number of thiazole rings is 3. The molecule has 48 heteroatoms. The number of allylic oxidation sites excluding steroid dienone is 2. The Morgan fingerprint density at radius 3 is 1.58 bits per heavy atom. The molecule has 1 aromatic carbocycles. The van der Waals surface area contributed by atoms with E-state index in [9.17, 15) is 66.4 Å². The summed E-state index contributed by atoms with van der Waals surface area (Å²) in [5, 5.41) is 21.5. The number of fused-ring (bicyclic) bond motifs is 6. The first-order valence-electron chi connectivity index (χ1n) is 32.9. The number of non-ortho nitro benzene ring substituents is 1. The molecule has 0 atom stereocenters. The number of nitro groups is 1. The Morgan fingerprint density at radius 1 is 0.575 bits per heavy atom. The average Bonchev–Trinajstić information content (AvgIpc) is 1.63. The van der Waals surface area contributed by atoms with Crippen LogP contribution in [-0.4, -0.2) is 114 Å². The summed E-state index contributed by atoms with van der Waals surface area (Å²) >= 11 is 11.5. The Morgan fingerprint density at radius 2 is 1.04 bits per heavy atom. The molecule has 113 heavy (non-hydrogen) atoms. The van der Waals surface area contributed by atoms with Crippen LogP contribution >= 0.6 is 80.9 Å². The van der Waals surface area contributed by atoms with E-state index < -0.39 is 49.9 Å². The van der Waals surface area contributed by atoms with Crippen LogP contribution in [0.2, 0.25) is 0 Å². The second kappa shape index (κ2) is 37.0. The number of alkyl halides is 1. The summed E-state index contributed by atoms with van der Waals surface area (Å²) in [5.41, 5.74) is 30.7. The second-order valence-electron chi connectivity index (χ2n) is 23.7. The number of hydrogen-bond acceptors (Lipinski definition) is 34. The highest BCUT2D eigenvalue weighted by atomic mass is 35.5. The number of aromatic nitrogens is 16. The van der Waals surface area contributed by atoms with E-state index in [1.807, 2.05) is 0 Å². The average molecular weight is 1690 g/mol. The third-order valence-corrected chi connectivity index (χ3v) is 22.2. The number of H-pyrrole nitrogens is 6. The summed E-state index contributed by atoms with van der Waals surface area (Å²) in [5.74, 6) is -2.58. The maximum atomic E-state index is 14.0. The standard InChI is InChI=1S/C12H9N5O3S.C11H6F3N5O2S.C11H16N4O2S.C11H14N4OS.C10H12N4O2S.C9H9ClN4O2S.CH4/c1-6-16(7-2-4-8(5-3-7)17(19)20)10-9(21-6)11(18)15-12(13)14-10;1-2-4(3(12)7(14)16-6(2)13)19-8-5(22-11(19)21)9(20)18-10(15)17-8;1-2-3-4-5-6-15-8-7(18-11(15)17)9(16)14-10(12)13-8;1-6-15(7-4-2-3-5-7)9-8(17-6)10(16)14-11(12)13-9;1-6-14(4-2-3-5-15)8-7(17-6)9(16)13-10(11)12-8;10-3-1-2-4-14-6-5(17-9(14)16)7(15)13-8(11)12-6;/h2-5H,1H2,(H3,13,14,15,18);1H3,(H3,15,17,18,20);2-6H2,1H3,(H3,12,13,14,16);7H,1-5H2,(H3,12,13,14,16);2-3,15H,1,4-5H2,(H3,11,12,13,16);1-2H,3-4H2,(H3,11,12,13,15);1H4/b;;;;3-2+;2-1+;. The largest absolute Gasteiger partial charge is 0.392 e. The summed E-state index contributed by atoms with van der Waals surface area (Å²) in [6.45, 7) is 16.4. The van der Waals surface area contributed by atoms with Gasteiger partial charge in [0.2, 0.25) is 47.5 Å². The number of nitrogens with one attached hydrogen (secondary N) is 6. The van der Waals surface area contributed by atoms with Gasteiger partial charge in [0.05, 0.1) is 32.3 Å². The number of nitrogens with two attached hydrogens (primary N) is 6. The minimum Gasteiger partial charge on any atom is -0.392 e. The number of rotatable bonds is 15. The number of aliphatic hydroxyl groups excluding tert-OH is 1. The molecule has 0 amide bonds. The Kier molecular flexibility index (Phi) is 27.8. The van der Waals surface area contributed by atoms with Crippen molar-refractivity contribution in [1.82, 2.24) is 78.5 Å². The van der Waals surface area contributed by atoms with Crippen molar-refractivity contribution in [2.24, 2.45) is 0 Å². The molecule has 1 saturated carbocycles. The Labute approximate surface area is 662 Å². The van der Waals surface area contributed by atoms with E-state index >= 15 is 0 Å². The third kappa shape index (κ3) is 19.0. The lowest BCUT2D eigenvalue weighted by Crippen LogP contribution is -2.30. The van der Waals surface area contributed by atoms with Gasteiger partial charge in [0.25, 0.3) is 45.0 Å². The van der Waals surface area contributed by atoms with Gasteiger partial charge in [-0.3, -0.25) is 97.2 Å².